The smallest absolute Gasteiger partial charge is 0.261 e. The second-order valence-electron chi connectivity index (χ2n) is 7.37. The van der Waals surface area contributed by atoms with E-state index in [1.807, 2.05) is 26.0 Å². The molecule has 0 bridgehead atoms. The van der Waals surface area contributed by atoms with Gasteiger partial charge < -0.3 is 10.1 Å². The zero-order chi connectivity index (χ0) is 19.8. The molecule has 4 rings (SSSR count). The van der Waals surface area contributed by atoms with Crippen molar-refractivity contribution in [1.82, 2.24) is 4.90 Å². The number of carbonyl (C=O) groups is 3. The van der Waals surface area contributed by atoms with E-state index in [1.165, 1.54) is 4.90 Å². The van der Waals surface area contributed by atoms with Gasteiger partial charge in [0.1, 0.15) is 0 Å². The van der Waals surface area contributed by atoms with Crippen molar-refractivity contribution in [2.45, 2.75) is 32.8 Å². The van der Waals surface area contributed by atoms with Gasteiger partial charge in [0.05, 0.1) is 23.8 Å². The first-order valence-electron chi connectivity index (χ1n) is 9.44. The van der Waals surface area contributed by atoms with Gasteiger partial charge in [0.2, 0.25) is 0 Å². The van der Waals surface area contributed by atoms with E-state index in [4.69, 9.17) is 4.74 Å². The summed E-state index contributed by atoms with van der Waals surface area (Å²) < 4.78 is 5.55. The van der Waals surface area contributed by atoms with Crippen LogP contribution in [0.1, 0.15) is 55.0 Å². The first-order chi connectivity index (χ1) is 13.4. The summed E-state index contributed by atoms with van der Waals surface area (Å²) in [6.45, 7) is 4.89. The molecule has 0 aliphatic carbocycles. The minimum Gasteiger partial charge on any atom is -0.376 e. The summed E-state index contributed by atoms with van der Waals surface area (Å²) in [5.41, 5.74) is 3.87. The fraction of sp³-hybridized carbons (Fsp3) is 0.318. The molecule has 2 heterocycles. The molecule has 1 saturated heterocycles. The molecule has 144 valence electrons. The van der Waals surface area contributed by atoms with Crippen LogP contribution in [-0.2, 0) is 4.74 Å². The zero-order valence-electron chi connectivity index (χ0n) is 16.0. The summed E-state index contributed by atoms with van der Waals surface area (Å²) in [5, 5.41) is 2.81. The molecular weight excluding hydrogens is 356 g/mol. The lowest BCUT2D eigenvalue weighted by Crippen LogP contribution is -2.36. The summed E-state index contributed by atoms with van der Waals surface area (Å²) in [6, 6.07) is 10.3. The molecule has 0 spiro atoms. The molecule has 0 saturated carbocycles. The minimum absolute atomic E-state index is 0.0915. The highest BCUT2D eigenvalue weighted by atomic mass is 16.5. The topological polar surface area (TPSA) is 75.7 Å². The number of aryl methyl sites for hydroxylation is 2. The van der Waals surface area contributed by atoms with E-state index < -0.39 is 0 Å². The Balaban J connectivity index is 1.52. The van der Waals surface area contributed by atoms with Crippen LogP contribution in [0.25, 0.3) is 0 Å². The van der Waals surface area contributed by atoms with E-state index in [-0.39, 0.29) is 30.4 Å². The fourth-order valence-electron chi connectivity index (χ4n) is 3.61. The van der Waals surface area contributed by atoms with Crippen molar-refractivity contribution < 1.29 is 19.1 Å². The molecule has 28 heavy (non-hydrogen) atoms. The van der Waals surface area contributed by atoms with Gasteiger partial charge in [0.15, 0.2) is 0 Å². The van der Waals surface area contributed by atoms with E-state index in [0.717, 1.165) is 24.0 Å². The summed E-state index contributed by atoms with van der Waals surface area (Å²) in [5.74, 6) is -0.892. The molecule has 1 N–H and O–H groups in total. The molecule has 2 aliphatic rings. The molecule has 6 nitrogen and oxygen atoms in total. The normalized spacial score (nSPS) is 18.5. The lowest BCUT2D eigenvalue weighted by Gasteiger charge is -2.17. The largest absolute Gasteiger partial charge is 0.376 e. The van der Waals surface area contributed by atoms with Gasteiger partial charge in [-0.25, -0.2) is 0 Å². The Morgan fingerprint density at radius 2 is 1.86 bits per heavy atom. The van der Waals surface area contributed by atoms with Crippen LogP contribution in [0.4, 0.5) is 5.69 Å². The Hall–Kier alpha value is -2.99. The molecule has 2 aliphatic heterocycles. The second kappa shape index (κ2) is 7.20. The van der Waals surface area contributed by atoms with Crippen LogP contribution in [0.3, 0.4) is 0 Å². The summed E-state index contributed by atoms with van der Waals surface area (Å²) in [7, 11) is 0. The maximum atomic E-state index is 12.7. The van der Waals surface area contributed by atoms with Crippen LogP contribution in [0, 0.1) is 13.8 Å². The second-order valence-corrected chi connectivity index (χ2v) is 7.37. The number of carbonyl (C=O) groups excluding carboxylic acids is 3. The van der Waals surface area contributed by atoms with Gasteiger partial charge in [-0.1, -0.05) is 6.07 Å². The predicted molar refractivity (Wildman–Crippen MR) is 105 cm³/mol. The van der Waals surface area contributed by atoms with E-state index in [9.17, 15) is 14.4 Å². The lowest BCUT2D eigenvalue weighted by molar-refractivity contribution is 0.0475. The quantitative estimate of drug-likeness (QED) is 0.828. The number of amides is 3. The number of nitrogens with zero attached hydrogens (tertiary/aromatic N) is 1. The van der Waals surface area contributed by atoms with Crippen molar-refractivity contribution in [3.63, 3.8) is 0 Å². The van der Waals surface area contributed by atoms with E-state index >= 15 is 0 Å². The lowest BCUT2D eigenvalue weighted by atomic mass is 10.1. The molecule has 1 atom stereocenters. The predicted octanol–water partition coefficient (Wildman–Crippen LogP) is 3.33. The van der Waals surface area contributed by atoms with E-state index in [0.29, 0.717) is 29.0 Å². The van der Waals surface area contributed by atoms with Crippen LogP contribution in [-0.4, -0.2) is 41.9 Å². The third-order valence-corrected chi connectivity index (χ3v) is 5.41. The zero-order valence-corrected chi connectivity index (χ0v) is 16.0. The third kappa shape index (κ3) is 3.31. The molecule has 1 unspecified atom stereocenters. The van der Waals surface area contributed by atoms with E-state index in [2.05, 4.69) is 5.32 Å². The molecule has 6 heteroatoms. The van der Waals surface area contributed by atoms with Crippen LogP contribution < -0.4 is 5.32 Å². The standard InChI is InChI=1S/C22H22N2O4/c1-13-5-6-15(10-14(13)2)20(25)23-16-7-8-18-19(11-16)22(27)24(21(18)26)12-17-4-3-9-28-17/h5-8,10-11,17H,3-4,9,12H2,1-2H3,(H,23,25). The highest BCUT2D eigenvalue weighted by Crippen LogP contribution is 2.27. The molecule has 3 amide bonds. The average molecular weight is 378 g/mol. The first-order valence-corrected chi connectivity index (χ1v) is 9.44. The number of fused-ring (bicyclic) bond motifs is 1. The summed E-state index contributed by atoms with van der Waals surface area (Å²) in [4.78, 5) is 39.1. The molecule has 2 aromatic rings. The van der Waals surface area contributed by atoms with Crippen LogP contribution in [0.15, 0.2) is 36.4 Å². The van der Waals surface area contributed by atoms with Crippen molar-refractivity contribution in [1.29, 1.82) is 0 Å². The van der Waals surface area contributed by atoms with Crippen LogP contribution >= 0.6 is 0 Å². The van der Waals surface area contributed by atoms with Crippen LogP contribution in [0.5, 0.6) is 0 Å². The Morgan fingerprint density at radius 3 is 2.57 bits per heavy atom. The first kappa shape index (κ1) is 18.4. The number of ether oxygens (including phenoxy) is 1. The molecule has 0 radical (unpaired) electrons. The van der Waals surface area contributed by atoms with Gasteiger partial charge in [-0.15, -0.1) is 0 Å². The van der Waals surface area contributed by atoms with Gasteiger partial charge in [-0.3, -0.25) is 19.3 Å². The maximum Gasteiger partial charge on any atom is 0.261 e. The van der Waals surface area contributed by atoms with Gasteiger partial charge in [-0.2, -0.15) is 0 Å². The van der Waals surface area contributed by atoms with Gasteiger partial charge in [-0.05, 0) is 68.1 Å². The van der Waals surface area contributed by atoms with Gasteiger partial charge in [0, 0.05) is 17.9 Å². The minimum atomic E-state index is -0.335. The molecule has 1 fully saturated rings. The number of benzene rings is 2. The van der Waals surface area contributed by atoms with E-state index in [1.54, 1.807) is 24.3 Å². The third-order valence-electron chi connectivity index (χ3n) is 5.41. The molecule has 2 aromatic carbocycles. The molecule has 0 aromatic heterocycles. The summed E-state index contributed by atoms with van der Waals surface area (Å²) >= 11 is 0. The fourth-order valence-corrected chi connectivity index (χ4v) is 3.61. The van der Waals surface area contributed by atoms with Crippen molar-refractivity contribution in [3.05, 3.63) is 64.2 Å². The number of hydrogen-bond donors (Lipinski definition) is 1. The Bertz CT molecular complexity index is 976. The Kier molecular flexibility index (Phi) is 4.73. The Morgan fingerprint density at radius 1 is 1.07 bits per heavy atom. The van der Waals surface area contributed by atoms with Crippen molar-refractivity contribution >= 4 is 23.4 Å². The SMILES string of the molecule is Cc1ccc(C(=O)Nc2ccc3c(c2)C(=O)N(CC2CCCO2)C3=O)cc1C. The van der Waals surface area contributed by atoms with Crippen molar-refractivity contribution in [3.8, 4) is 0 Å². The molecular formula is C22H22N2O4. The number of nitrogens with one attached hydrogen (secondary N) is 1. The number of hydrogen-bond acceptors (Lipinski definition) is 4. The van der Waals surface area contributed by atoms with Crippen LogP contribution in [0.2, 0.25) is 0 Å². The monoisotopic (exact) mass is 378 g/mol. The highest BCUT2D eigenvalue weighted by molar-refractivity contribution is 6.22. The van der Waals surface area contributed by atoms with Crippen molar-refractivity contribution in [2.24, 2.45) is 0 Å². The highest BCUT2D eigenvalue weighted by Gasteiger charge is 2.37. The maximum absolute atomic E-state index is 12.7. The average Bonchev–Trinajstić information content (AvgIpc) is 3.27. The summed E-state index contributed by atoms with van der Waals surface area (Å²) in [6.07, 6.45) is 1.71. The Labute approximate surface area is 163 Å². The van der Waals surface area contributed by atoms with Crippen molar-refractivity contribution in [2.75, 3.05) is 18.5 Å². The number of anilines is 1. The number of rotatable bonds is 4. The van der Waals surface area contributed by atoms with Gasteiger partial charge in [0.25, 0.3) is 17.7 Å². The van der Waals surface area contributed by atoms with Gasteiger partial charge >= 0.3 is 0 Å². The number of imide groups is 1.